The first-order chi connectivity index (χ1) is 19.3. The molecule has 0 amide bonds. The lowest BCUT2D eigenvalue weighted by Crippen LogP contribution is -2.34. The van der Waals surface area contributed by atoms with E-state index in [0.29, 0.717) is 13.1 Å². The highest BCUT2D eigenvalue weighted by molar-refractivity contribution is 7.17. The molecule has 1 atom stereocenters. The number of aliphatic carboxylic acids is 1. The van der Waals surface area contributed by atoms with Gasteiger partial charge in [0.05, 0.1) is 11.9 Å². The Morgan fingerprint density at radius 1 is 1.20 bits per heavy atom. The number of nitrogens with zero attached hydrogens (tertiary/aromatic N) is 5. The Morgan fingerprint density at radius 2 is 2.05 bits per heavy atom. The van der Waals surface area contributed by atoms with Crippen LogP contribution in [0.2, 0.25) is 0 Å². The highest BCUT2D eigenvalue weighted by Gasteiger charge is 2.48. The van der Waals surface area contributed by atoms with Gasteiger partial charge in [-0.15, -0.1) is 16.4 Å². The van der Waals surface area contributed by atoms with Gasteiger partial charge >= 0.3 is 5.97 Å². The maximum absolute atomic E-state index is 12.1. The molecule has 40 heavy (non-hydrogen) atoms. The Bertz CT molecular complexity index is 1790. The summed E-state index contributed by atoms with van der Waals surface area (Å²) in [5.74, 6) is -0.458. The first-order valence-corrected chi connectivity index (χ1v) is 14.3. The third-order valence-electron chi connectivity index (χ3n) is 8.22. The minimum Gasteiger partial charge on any atom is -0.493 e. The van der Waals surface area contributed by atoms with Gasteiger partial charge < -0.3 is 14.9 Å². The van der Waals surface area contributed by atoms with Crippen LogP contribution in [0.4, 0.5) is 0 Å². The Morgan fingerprint density at radius 3 is 2.85 bits per heavy atom. The van der Waals surface area contributed by atoms with Crippen molar-refractivity contribution in [2.24, 2.45) is 7.05 Å². The molecule has 1 saturated carbocycles. The highest BCUT2D eigenvalue weighted by Crippen LogP contribution is 2.45. The van der Waals surface area contributed by atoms with Crippen molar-refractivity contribution in [3.05, 3.63) is 75.8 Å². The first kappa shape index (κ1) is 25.0. The van der Waals surface area contributed by atoms with Gasteiger partial charge in [0, 0.05) is 43.4 Å². The van der Waals surface area contributed by atoms with E-state index in [9.17, 15) is 15.0 Å². The molecule has 0 bridgehead atoms. The summed E-state index contributed by atoms with van der Waals surface area (Å²) in [5.41, 5.74) is 6.25. The van der Waals surface area contributed by atoms with Gasteiger partial charge in [-0.05, 0) is 77.1 Å². The number of benzene rings is 2. The second-order valence-electron chi connectivity index (χ2n) is 11.1. The van der Waals surface area contributed by atoms with Gasteiger partial charge in [-0.2, -0.15) is 0 Å². The van der Waals surface area contributed by atoms with E-state index in [2.05, 4.69) is 43.8 Å². The molecule has 0 saturated heterocycles. The van der Waals surface area contributed by atoms with E-state index in [-0.39, 0.29) is 23.8 Å². The van der Waals surface area contributed by atoms with Gasteiger partial charge in [0.2, 0.25) is 5.88 Å². The summed E-state index contributed by atoms with van der Waals surface area (Å²) in [4.78, 5) is 18.9. The van der Waals surface area contributed by atoms with E-state index in [0.717, 1.165) is 69.5 Å². The van der Waals surface area contributed by atoms with E-state index in [1.807, 2.05) is 32.2 Å². The molecule has 3 aromatic heterocycles. The molecule has 1 spiro atoms. The quantitative estimate of drug-likeness (QED) is 0.297. The number of hydrogen-bond donors (Lipinski definition) is 2. The van der Waals surface area contributed by atoms with Crippen molar-refractivity contribution in [1.29, 1.82) is 0 Å². The molecule has 2 aliphatic rings. The molecule has 1 aliphatic carbocycles. The van der Waals surface area contributed by atoms with Gasteiger partial charge in [0.1, 0.15) is 22.6 Å². The normalized spacial score (nSPS) is 17.1. The zero-order valence-electron chi connectivity index (χ0n) is 22.3. The fourth-order valence-electron chi connectivity index (χ4n) is 6.09. The second-order valence-corrected chi connectivity index (χ2v) is 12.0. The van der Waals surface area contributed by atoms with Crippen molar-refractivity contribution in [2.75, 3.05) is 6.54 Å². The lowest BCUT2D eigenvalue weighted by Gasteiger charge is -2.25. The molecule has 2 N–H and O–H groups in total. The van der Waals surface area contributed by atoms with Crippen molar-refractivity contribution < 1.29 is 19.7 Å². The molecule has 0 radical (unpaired) electrons. The van der Waals surface area contributed by atoms with Crippen LogP contribution in [0.15, 0.2) is 47.8 Å². The molecular formula is C30H29N5O4S. The number of aryl methyl sites for hydroxylation is 2. The number of carbonyl (C=O) groups is 1. The van der Waals surface area contributed by atoms with Crippen LogP contribution in [-0.4, -0.2) is 53.2 Å². The summed E-state index contributed by atoms with van der Waals surface area (Å²) in [6, 6.07) is 13.8. The molecule has 0 unspecified atom stereocenters. The summed E-state index contributed by atoms with van der Waals surface area (Å²) in [5, 5.41) is 31.7. The second kappa shape index (κ2) is 9.28. The van der Waals surface area contributed by atoms with E-state index in [4.69, 9.17) is 4.74 Å². The molecule has 10 heteroatoms. The van der Waals surface area contributed by atoms with Gasteiger partial charge in [0.15, 0.2) is 0 Å². The van der Waals surface area contributed by atoms with E-state index < -0.39 is 5.97 Å². The average Bonchev–Trinajstić information content (AvgIpc) is 3.34. The van der Waals surface area contributed by atoms with Crippen molar-refractivity contribution in [2.45, 2.75) is 50.8 Å². The van der Waals surface area contributed by atoms with Crippen LogP contribution in [0.25, 0.3) is 21.1 Å². The predicted molar refractivity (Wildman–Crippen MR) is 152 cm³/mol. The van der Waals surface area contributed by atoms with Crippen LogP contribution in [0, 0.1) is 6.92 Å². The van der Waals surface area contributed by atoms with E-state index in [1.165, 1.54) is 4.70 Å². The van der Waals surface area contributed by atoms with E-state index >= 15 is 0 Å². The number of thiophene rings is 1. The van der Waals surface area contributed by atoms with Gasteiger partial charge in [-0.3, -0.25) is 9.69 Å². The Hall–Kier alpha value is -4.02. The number of aromatic nitrogens is 4. The SMILES string of the molecule is Cc1c([C@@H](CC(=O)O)c2cc(CN3Cc4nc(O)ccc4OC4(CC4)C3)c3sccc3c2)ccc2c1nnn2C. The zero-order chi connectivity index (χ0) is 27.6. The van der Waals surface area contributed by atoms with Crippen molar-refractivity contribution >= 4 is 38.4 Å². The summed E-state index contributed by atoms with van der Waals surface area (Å²) in [7, 11) is 1.86. The number of rotatable bonds is 6. The minimum atomic E-state index is -0.849. The fraction of sp³-hybridized carbons (Fsp3) is 0.333. The number of carboxylic acid groups (broad SMARTS) is 1. The minimum absolute atomic E-state index is 0.0105. The third kappa shape index (κ3) is 4.37. The summed E-state index contributed by atoms with van der Waals surface area (Å²) in [6.07, 6.45) is 1.95. The standard InChI is InChI=1S/C30H29N5O4S/c1-17-21(3-4-24-28(17)32-33-34(24)2)22(13-27(37)38)19-11-18-7-10-40-29(18)20(12-19)14-35-15-23-25(5-6-26(36)31-23)39-30(16-35)8-9-30/h3-7,10-12,22H,8-9,13-16H2,1-2H3,(H,31,36)(H,37,38)/t22-/m0/s1. The maximum atomic E-state index is 12.1. The average molecular weight is 556 g/mol. The fourth-order valence-corrected chi connectivity index (χ4v) is 6.97. The molecule has 4 heterocycles. The molecule has 2 aromatic carbocycles. The molecule has 5 aromatic rings. The van der Waals surface area contributed by atoms with Crippen LogP contribution < -0.4 is 4.74 Å². The van der Waals surface area contributed by atoms with Gasteiger partial charge in [-0.1, -0.05) is 17.3 Å². The molecule has 1 fully saturated rings. The van der Waals surface area contributed by atoms with Crippen molar-refractivity contribution in [1.82, 2.24) is 24.9 Å². The van der Waals surface area contributed by atoms with Crippen molar-refractivity contribution in [3.63, 3.8) is 0 Å². The molecule has 9 nitrogen and oxygen atoms in total. The van der Waals surface area contributed by atoms with E-state index in [1.54, 1.807) is 22.1 Å². The predicted octanol–water partition coefficient (Wildman–Crippen LogP) is 5.13. The van der Waals surface area contributed by atoms with Crippen LogP contribution in [0.1, 0.15) is 53.1 Å². The molecule has 7 rings (SSSR count). The number of hydrogen-bond acceptors (Lipinski definition) is 8. The number of carboxylic acids is 1. The lowest BCUT2D eigenvalue weighted by molar-refractivity contribution is -0.137. The van der Waals surface area contributed by atoms with Crippen LogP contribution in [0.5, 0.6) is 11.6 Å². The number of ether oxygens (including phenoxy) is 1. The topological polar surface area (TPSA) is 114 Å². The number of fused-ring (bicyclic) bond motifs is 3. The number of aromatic hydroxyl groups is 1. The Kier molecular flexibility index (Phi) is 5.79. The van der Waals surface area contributed by atoms with Crippen LogP contribution in [-0.2, 0) is 24.9 Å². The zero-order valence-corrected chi connectivity index (χ0v) is 23.1. The molecule has 1 aliphatic heterocycles. The van der Waals surface area contributed by atoms with Crippen LogP contribution in [0.3, 0.4) is 0 Å². The summed E-state index contributed by atoms with van der Waals surface area (Å²) >= 11 is 1.70. The van der Waals surface area contributed by atoms with Gasteiger partial charge in [0.25, 0.3) is 0 Å². The van der Waals surface area contributed by atoms with Gasteiger partial charge in [-0.25, -0.2) is 9.67 Å². The third-order valence-corrected chi connectivity index (χ3v) is 9.22. The molecular weight excluding hydrogens is 526 g/mol. The first-order valence-electron chi connectivity index (χ1n) is 13.4. The summed E-state index contributed by atoms with van der Waals surface area (Å²) < 4.78 is 9.30. The number of pyridine rings is 1. The van der Waals surface area contributed by atoms with Crippen LogP contribution >= 0.6 is 11.3 Å². The lowest BCUT2D eigenvalue weighted by atomic mass is 9.84. The smallest absolute Gasteiger partial charge is 0.304 e. The van der Waals surface area contributed by atoms with Crippen molar-refractivity contribution in [3.8, 4) is 11.6 Å². The Labute approximate surface area is 234 Å². The summed E-state index contributed by atoms with van der Waals surface area (Å²) in [6.45, 7) is 3.98. The highest BCUT2D eigenvalue weighted by atomic mass is 32.1. The molecule has 204 valence electrons. The largest absolute Gasteiger partial charge is 0.493 e. The monoisotopic (exact) mass is 555 g/mol. The maximum Gasteiger partial charge on any atom is 0.304 e. The Balaban J connectivity index is 1.30.